The van der Waals surface area contributed by atoms with Crippen molar-refractivity contribution in [3.63, 3.8) is 0 Å². The number of guanidine groups is 1. The van der Waals surface area contributed by atoms with Crippen molar-refractivity contribution in [2.45, 2.75) is 52.8 Å². The fraction of sp³-hybridized carbons (Fsp3) is 0.500. The van der Waals surface area contributed by atoms with Crippen molar-refractivity contribution in [2.24, 2.45) is 4.99 Å². The summed E-state index contributed by atoms with van der Waals surface area (Å²) in [6.07, 6.45) is 0. The van der Waals surface area contributed by atoms with Crippen LogP contribution in [0.4, 0.5) is 8.78 Å². The number of ether oxygens (including phenoxy) is 3. The summed E-state index contributed by atoms with van der Waals surface area (Å²) < 4.78 is 40.8. The molecule has 0 spiro atoms. The van der Waals surface area contributed by atoms with Crippen molar-refractivity contribution in [2.75, 3.05) is 13.3 Å². The molecule has 164 valence electrons. The minimum Gasteiger partial charge on any atom is -0.454 e. The van der Waals surface area contributed by atoms with Crippen LogP contribution in [0.1, 0.15) is 44.0 Å². The molecule has 2 N–H and O–H groups in total. The predicted octanol–water partition coefficient (Wildman–Crippen LogP) is 4.03. The minimum atomic E-state index is -2.94. The molecule has 0 fully saturated rings. The molecular formula is C20H26F2N4O3S. The van der Waals surface area contributed by atoms with E-state index in [4.69, 9.17) is 9.47 Å². The van der Waals surface area contributed by atoms with Gasteiger partial charge in [0.15, 0.2) is 17.5 Å². The highest BCUT2D eigenvalue weighted by molar-refractivity contribution is 7.09. The molecular weight excluding hydrogens is 414 g/mol. The van der Waals surface area contributed by atoms with Gasteiger partial charge in [0.1, 0.15) is 5.75 Å². The molecule has 1 aromatic carbocycles. The molecule has 0 saturated heterocycles. The van der Waals surface area contributed by atoms with Crippen LogP contribution in [0.25, 0.3) is 0 Å². The molecule has 0 atom stereocenters. The van der Waals surface area contributed by atoms with Gasteiger partial charge < -0.3 is 24.8 Å². The second-order valence-electron chi connectivity index (χ2n) is 7.63. The second-order valence-corrected chi connectivity index (χ2v) is 8.49. The molecule has 1 aromatic heterocycles. The lowest BCUT2D eigenvalue weighted by Gasteiger charge is -2.14. The van der Waals surface area contributed by atoms with Crippen LogP contribution in [0.2, 0.25) is 0 Å². The number of halogens is 2. The Morgan fingerprint density at radius 2 is 2.00 bits per heavy atom. The lowest BCUT2D eigenvalue weighted by atomic mass is 9.98. The van der Waals surface area contributed by atoms with Crippen molar-refractivity contribution in [3.8, 4) is 17.2 Å². The third-order valence-corrected chi connectivity index (χ3v) is 5.47. The highest BCUT2D eigenvalue weighted by Crippen LogP contribution is 2.39. The third kappa shape index (κ3) is 5.71. The van der Waals surface area contributed by atoms with Crippen molar-refractivity contribution >= 4 is 17.3 Å². The quantitative estimate of drug-likeness (QED) is 0.500. The van der Waals surface area contributed by atoms with Crippen LogP contribution >= 0.6 is 11.3 Å². The van der Waals surface area contributed by atoms with E-state index in [-0.39, 0.29) is 24.5 Å². The maximum atomic E-state index is 12.8. The molecule has 1 aliphatic rings. The number of hydrogen-bond donors (Lipinski definition) is 2. The van der Waals surface area contributed by atoms with Gasteiger partial charge in [-0.1, -0.05) is 20.8 Å². The summed E-state index contributed by atoms with van der Waals surface area (Å²) in [7, 11) is 0. The lowest BCUT2D eigenvalue weighted by Crippen LogP contribution is -2.36. The van der Waals surface area contributed by atoms with Crippen LogP contribution in [-0.2, 0) is 18.5 Å². The summed E-state index contributed by atoms with van der Waals surface area (Å²) in [5, 5.41) is 9.45. The van der Waals surface area contributed by atoms with Gasteiger partial charge in [0.05, 0.1) is 23.8 Å². The first-order valence-electron chi connectivity index (χ1n) is 9.60. The first kappa shape index (κ1) is 22.1. The van der Waals surface area contributed by atoms with Gasteiger partial charge >= 0.3 is 6.61 Å². The number of rotatable bonds is 7. The standard InChI is InChI=1S/C20H26F2N4O3S/c1-5-23-19(25-9-13-10-30-17(26-13)20(2,3)4)24-8-12-6-15-16(28-11-27-15)7-14(12)29-18(21)22/h6-7,10,18H,5,8-9,11H2,1-4H3,(H2,23,24,25). The molecule has 1 aliphatic heterocycles. The van der Waals surface area contributed by atoms with Crippen molar-refractivity contribution in [1.29, 1.82) is 0 Å². The van der Waals surface area contributed by atoms with Crippen LogP contribution in [0.5, 0.6) is 17.2 Å². The summed E-state index contributed by atoms with van der Waals surface area (Å²) >= 11 is 1.63. The number of fused-ring (bicyclic) bond motifs is 1. The largest absolute Gasteiger partial charge is 0.454 e. The number of hydrogen-bond acceptors (Lipinski definition) is 6. The zero-order chi connectivity index (χ0) is 21.7. The topological polar surface area (TPSA) is 77.0 Å². The molecule has 30 heavy (non-hydrogen) atoms. The number of aromatic nitrogens is 1. The van der Waals surface area contributed by atoms with Gasteiger partial charge in [-0.25, -0.2) is 9.98 Å². The Kier molecular flexibility index (Phi) is 6.96. The first-order chi connectivity index (χ1) is 14.3. The molecule has 3 rings (SSSR count). The fourth-order valence-corrected chi connectivity index (χ4v) is 3.61. The van der Waals surface area contributed by atoms with Crippen LogP contribution in [0.15, 0.2) is 22.5 Å². The monoisotopic (exact) mass is 440 g/mol. The van der Waals surface area contributed by atoms with Gasteiger partial charge in [-0.15, -0.1) is 11.3 Å². The lowest BCUT2D eigenvalue weighted by molar-refractivity contribution is -0.0505. The van der Waals surface area contributed by atoms with Gasteiger partial charge in [-0.05, 0) is 13.0 Å². The van der Waals surface area contributed by atoms with E-state index in [1.165, 1.54) is 6.07 Å². The van der Waals surface area contributed by atoms with E-state index in [0.717, 1.165) is 10.7 Å². The van der Waals surface area contributed by atoms with Gasteiger partial charge in [0.25, 0.3) is 0 Å². The average Bonchev–Trinajstić information content (AvgIpc) is 3.32. The Morgan fingerprint density at radius 1 is 1.27 bits per heavy atom. The third-order valence-electron chi connectivity index (χ3n) is 4.15. The Labute approximate surface area is 178 Å². The Balaban J connectivity index is 1.72. The molecule has 2 aromatic rings. The smallest absolute Gasteiger partial charge is 0.387 e. The number of benzene rings is 1. The van der Waals surface area contributed by atoms with Crippen LogP contribution in [0.3, 0.4) is 0 Å². The molecule has 2 heterocycles. The average molecular weight is 441 g/mol. The van der Waals surface area contributed by atoms with Crippen LogP contribution in [0, 0.1) is 0 Å². The maximum absolute atomic E-state index is 12.8. The number of nitrogens with one attached hydrogen (secondary N) is 2. The van der Waals surface area contributed by atoms with Crippen LogP contribution < -0.4 is 24.8 Å². The normalized spacial score (nSPS) is 13.6. The Hall–Kier alpha value is -2.62. The minimum absolute atomic E-state index is 0.00194. The Bertz CT molecular complexity index is 897. The maximum Gasteiger partial charge on any atom is 0.387 e. The Morgan fingerprint density at radius 3 is 2.63 bits per heavy atom. The van der Waals surface area contributed by atoms with Crippen molar-refractivity contribution in [3.05, 3.63) is 33.8 Å². The summed E-state index contributed by atoms with van der Waals surface area (Å²) in [6.45, 7) is 6.70. The second kappa shape index (κ2) is 9.46. The highest BCUT2D eigenvalue weighted by atomic mass is 32.1. The highest BCUT2D eigenvalue weighted by Gasteiger charge is 2.20. The number of nitrogens with zero attached hydrogens (tertiary/aromatic N) is 2. The molecule has 7 nitrogen and oxygen atoms in total. The van der Waals surface area contributed by atoms with Gasteiger partial charge in [-0.2, -0.15) is 8.78 Å². The van der Waals surface area contributed by atoms with Gasteiger partial charge in [-0.3, -0.25) is 0 Å². The summed E-state index contributed by atoms with van der Waals surface area (Å²) in [5.41, 5.74) is 1.39. The van der Waals surface area contributed by atoms with E-state index >= 15 is 0 Å². The van der Waals surface area contributed by atoms with E-state index < -0.39 is 6.61 Å². The van der Waals surface area contributed by atoms with Gasteiger partial charge in [0.2, 0.25) is 6.79 Å². The predicted molar refractivity (Wildman–Crippen MR) is 112 cm³/mol. The van der Waals surface area contributed by atoms with E-state index in [2.05, 4.69) is 46.1 Å². The molecule has 0 aliphatic carbocycles. The van der Waals surface area contributed by atoms with E-state index in [1.54, 1.807) is 17.4 Å². The van der Waals surface area contributed by atoms with Crippen LogP contribution in [-0.4, -0.2) is 30.9 Å². The first-order valence-corrected chi connectivity index (χ1v) is 10.5. The number of aliphatic imine (C=N–C) groups is 1. The number of thiazole rings is 1. The SMILES string of the molecule is CCNC(=NCc1cc2c(cc1OC(F)F)OCO2)NCc1csc(C(C)(C)C)n1. The van der Waals surface area contributed by atoms with E-state index in [1.807, 2.05) is 12.3 Å². The molecule has 0 unspecified atom stereocenters. The van der Waals surface area contributed by atoms with Gasteiger partial charge in [0, 0.05) is 29.0 Å². The fourth-order valence-electron chi connectivity index (χ4n) is 2.71. The molecule has 0 radical (unpaired) electrons. The van der Waals surface area contributed by atoms with E-state index in [9.17, 15) is 8.78 Å². The zero-order valence-corrected chi connectivity index (χ0v) is 18.2. The summed E-state index contributed by atoms with van der Waals surface area (Å²) in [6, 6.07) is 3.02. The molecule has 0 amide bonds. The van der Waals surface area contributed by atoms with Crippen molar-refractivity contribution in [1.82, 2.24) is 15.6 Å². The molecule has 0 saturated carbocycles. The van der Waals surface area contributed by atoms with E-state index in [0.29, 0.717) is 36.1 Å². The summed E-state index contributed by atoms with van der Waals surface area (Å²) in [5.74, 6) is 1.42. The van der Waals surface area contributed by atoms with Crippen molar-refractivity contribution < 1.29 is 23.0 Å². The summed E-state index contributed by atoms with van der Waals surface area (Å²) in [4.78, 5) is 9.15. The number of alkyl halides is 2. The molecule has 0 bridgehead atoms. The zero-order valence-electron chi connectivity index (χ0n) is 17.4. The molecule has 10 heteroatoms.